The second-order valence-corrected chi connectivity index (χ2v) is 3.38. The van der Waals surface area contributed by atoms with E-state index in [1.54, 1.807) is 0 Å². The zero-order valence-electron chi connectivity index (χ0n) is 7.05. The van der Waals surface area contributed by atoms with Gasteiger partial charge in [0.15, 0.2) is 0 Å². The van der Waals surface area contributed by atoms with Crippen LogP contribution in [-0.2, 0) is 0 Å². The van der Waals surface area contributed by atoms with Crippen LogP contribution >= 0.6 is 35.6 Å². The minimum absolute atomic E-state index is 0. The summed E-state index contributed by atoms with van der Waals surface area (Å²) in [5.41, 5.74) is 4.48. The van der Waals surface area contributed by atoms with Gasteiger partial charge in [-0.25, -0.2) is 0 Å². The van der Waals surface area contributed by atoms with E-state index >= 15 is 0 Å². The maximum atomic E-state index is 12.2. The number of hydrogen-bond donors (Lipinski definition) is 1. The summed E-state index contributed by atoms with van der Waals surface area (Å²) in [6.45, 7) is 0. The monoisotopic (exact) mass is 280 g/mol. The average molecular weight is 281 g/mol. The molecule has 1 unspecified atom stereocenters. The highest BCUT2D eigenvalue weighted by atomic mass is 35.5. The van der Waals surface area contributed by atoms with Gasteiger partial charge in [0, 0.05) is 6.20 Å². The molecule has 0 saturated carbocycles. The molecule has 2 N–H and O–H groups in total. The molecular weight excluding hydrogens is 275 g/mol. The number of halogens is 6. The molecule has 0 aliphatic rings. The van der Waals surface area contributed by atoms with Gasteiger partial charge in [0.25, 0.3) is 0 Å². The third kappa shape index (κ3) is 3.68. The van der Waals surface area contributed by atoms with Crippen LogP contribution in [0, 0.1) is 0 Å². The highest BCUT2D eigenvalue weighted by Crippen LogP contribution is 2.33. The van der Waals surface area contributed by atoms with Gasteiger partial charge in [-0.05, 0) is 6.07 Å². The second kappa shape index (κ2) is 5.21. The van der Waals surface area contributed by atoms with Gasteiger partial charge in [-0.15, -0.1) is 12.4 Å². The van der Waals surface area contributed by atoms with Gasteiger partial charge in [0.1, 0.15) is 6.04 Å². The number of nitrogens with two attached hydrogens (primary N) is 1. The average Bonchev–Trinajstić information content (AvgIpc) is 2.01. The van der Waals surface area contributed by atoms with Crippen LogP contribution in [0.5, 0.6) is 0 Å². The molecule has 1 rings (SSSR count). The summed E-state index contributed by atoms with van der Waals surface area (Å²) in [4.78, 5) is 3.44. The van der Waals surface area contributed by atoms with E-state index < -0.39 is 17.9 Å². The first-order valence-electron chi connectivity index (χ1n) is 3.45. The van der Waals surface area contributed by atoms with Gasteiger partial charge < -0.3 is 5.73 Å². The van der Waals surface area contributed by atoms with Crippen LogP contribution in [0.2, 0.25) is 10.0 Å². The molecule has 1 heterocycles. The normalized spacial score (nSPS) is 13.2. The fourth-order valence-corrected chi connectivity index (χ4v) is 1.31. The van der Waals surface area contributed by atoms with Crippen molar-refractivity contribution < 1.29 is 13.2 Å². The lowest BCUT2D eigenvalue weighted by Gasteiger charge is -2.15. The molecule has 0 radical (unpaired) electrons. The number of aromatic nitrogens is 1. The first kappa shape index (κ1) is 14.8. The molecule has 8 heteroatoms. The Morgan fingerprint density at radius 3 is 2.27 bits per heavy atom. The van der Waals surface area contributed by atoms with Gasteiger partial charge in [0.05, 0.1) is 15.7 Å². The minimum Gasteiger partial charge on any atom is -0.315 e. The first-order valence-corrected chi connectivity index (χ1v) is 4.21. The lowest BCUT2D eigenvalue weighted by atomic mass is 10.2. The fourth-order valence-electron chi connectivity index (χ4n) is 0.809. The summed E-state index contributed by atoms with van der Waals surface area (Å²) < 4.78 is 36.5. The smallest absolute Gasteiger partial charge is 0.315 e. The number of hydrogen-bond acceptors (Lipinski definition) is 2. The van der Waals surface area contributed by atoms with Gasteiger partial charge in [0.2, 0.25) is 0 Å². The summed E-state index contributed by atoms with van der Waals surface area (Å²) in [5.74, 6) is 0. The van der Waals surface area contributed by atoms with E-state index in [4.69, 9.17) is 28.9 Å². The molecule has 1 atom stereocenters. The van der Waals surface area contributed by atoms with Crippen LogP contribution in [0.15, 0.2) is 12.3 Å². The van der Waals surface area contributed by atoms with Gasteiger partial charge in [-0.3, -0.25) is 4.98 Å². The van der Waals surface area contributed by atoms with E-state index in [9.17, 15) is 13.2 Å². The van der Waals surface area contributed by atoms with Crippen LogP contribution in [0.3, 0.4) is 0 Å². The summed E-state index contributed by atoms with van der Waals surface area (Å²) in [6.07, 6.45) is -3.50. The molecule has 0 aromatic carbocycles. The standard InChI is InChI=1S/C7H5Cl2F3N2.ClH/c8-3-1-4(9)5(14-2-3)6(13)7(10,11)12;/h1-2,6H,13H2;1H. The van der Waals surface area contributed by atoms with Crippen molar-refractivity contribution in [3.63, 3.8) is 0 Å². The number of pyridine rings is 1. The zero-order valence-corrected chi connectivity index (χ0v) is 9.38. The summed E-state index contributed by atoms with van der Waals surface area (Å²) in [6, 6.07) is -1.02. The molecule has 2 nitrogen and oxygen atoms in total. The Balaban J connectivity index is 0.00000196. The first-order chi connectivity index (χ1) is 6.32. The van der Waals surface area contributed by atoms with Crippen molar-refractivity contribution in [1.29, 1.82) is 0 Å². The van der Waals surface area contributed by atoms with Crippen LogP contribution < -0.4 is 5.73 Å². The third-order valence-corrected chi connectivity index (χ3v) is 1.99. The van der Waals surface area contributed by atoms with Crippen LogP contribution in [0.1, 0.15) is 11.7 Å². The minimum atomic E-state index is -4.57. The zero-order chi connectivity index (χ0) is 10.9. The lowest BCUT2D eigenvalue weighted by molar-refractivity contribution is -0.149. The van der Waals surface area contributed by atoms with Gasteiger partial charge in [-0.1, -0.05) is 23.2 Å². The second-order valence-electron chi connectivity index (χ2n) is 2.54. The molecule has 1 aromatic rings. The number of alkyl halides is 3. The van der Waals surface area contributed by atoms with E-state index in [-0.39, 0.29) is 22.5 Å². The third-order valence-electron chi connectivity index (χ3n) is 1.48. The van der Waals surface area contributed by atoms with Crippen LogP contribution in [-0.4, -0.2) is 11.2 Å². The Morgan fingerprint density at radius 2 is 1.87 bits per heavy atom. The highest BCUT2D eigenvalue weighted by molar-refractivity contribution is 6.34. The summed E-state index contributed by atoms with van der Waals surface area (Å²) >= 11 is 11.0. The van der Waals surface area contributed by atoms with E-state index in [1.807, 2.05) is 0 Å². The largest absolute Gasteiger partial charge is 0.409 e. The van der Waals surface area contributed by atoms with Crippen molar-refractivity contribution in [2.75, 3.05) is 0 Å². The Kier molecular flexibility index (Phi) is 5.13. The van der Waals surface area contributed by atoms with Gasteiger partial charge >= 0.3 is 6.18 Å². The van der Waals surface area contributed by atoms with Gasteiger partial charge in [-0.2, -0.15) is 13.2 Å². The molecule has 0 spiro atoms. The fraction of sp³-hybridized carbons (Fsp3) is 0.286. The maximum absolute atomic E-state index is 12.2. The van der Waals surface area contributed by atoms with E-state index in [1.165, 1.54) is 0 Å². The molecule has 0 aliphatic carbocycles. The number of nitrogens with zero attached hydrogens (tertiary/aromatic N) is 1. The quantitative estimate of drug-likeness (QED) is 0.857. The molecule has 86 valence electrons. The Bertz CT molecular complexity index is 343. The molecule has 1 aromatic heterocycles. The topological polar surface area (TPSA) is 38.9 Å². The Hall–Kier alpha value is -0.230. The summed E-state index contributed by atoms with van der Waals surface area (Å²) in [7, 11) is 0. The predicted octanol–water partition coefficient (Wildman–Crippen LogP) is 3.37. The highest BCUT2D eigenvalue weighted by Gasteiger charge is 2.39. The van der Waals surface area contributed by atoms with Crippen molar-refractivity contribution in [2.45, 2.75) is 12.2 Å². The van der Waals surface area contributed by atoms with E-state index in [0.717, 1.165) is 12.3 Å². The Labute approximate surface area is 100.0 Å². The SMILES string of the molecule is Cl.NC(c1ncc(Cl)cc1Cl)C(F)(F)F. The number of rotatable bonds is 1. The van der Waals surface area contributed by atoms with Crippen molar-refractivity contribution in [3.05, 3.63) is 28.0 Å². The van der Waals surface area contributed by atoms with E-state index in [2.05, 4.69) is 4.98 Å². The van der Waals surface area contributed by atoms with Crippen molar-refractivity contribution in [2.24, 2.45) is 5.73 Å². The predicted molar refractivity (Wildman–Crippen MR) is 54.5 cm³/mol. The van der Waals surface area contributed by atoms with Crippen molar-refractivity contribution in [1.82, 2.24) is 4.98 Å². The lowest BCUT2D eigenvalue weighted by Crippen LogP contribution is -2.29. The van der Waals surface area contributed by atoms with Crippen molar-refractivity contribution in [3.8, 4) is 0 Å². The summed E-state index contributed by atoms with van der Waals surface area (Å²) in [5, 5.41) is -0.0320. The van der Waals surface area contributed by atoms with E-state index in [0.29, 0.717) is 0 Å². The van der Waals surface area contributed by atoms with Crippen molar-refractivity contribution >= 4 is 35.6 Å². The molecule has 0 aliphatic heterocycles. The molecule has 0 amide bonds. The maximum Gasteiger partial charge on any atom is 0.409 e. The molecule has 15 heavy (non-hydrogen) atoms. The Morgan fingerprint density at radius 1 is 1.33 bits per heavy atom. The van der Waals surface area contributed by atoms with Crippen LogP contribution in [0.4, 0.5) is 13.2 Å². The van der Waals surface area contributed by atoms with Crippen LogP contribution in [0.25, 0.3) is 0 Å². The molecule has 0 fully saturated rings. The molecular formula is C7H6Cl3F3N2. The molecule has 0 saturated heterocycles. The molecule has 0 bridgehead atoms.